The molecule has 8 heteroatoms. The largest absolute Gasteiger partial charge is 0.431 e. The molecule has 1 N–H and O–H groups in total. The fourth-order valence-corrected chi connectivity index (χ4v) is 2.97. The van der Waals surface area contributed by atoms with Crippen LogP contribution in [0.25, 0.3) is 0 Å². The highest BCUT2D eigenvalue weighted by Gasteiger charge is 2.15. The van der Waals surface area contributed by atoms with Crippen molar-refractivity contribution in [2.75, 3.05) is 5.32 Å². The first-order chi connectivity index (χ1) is 9.95. The predicted molar refractivity (Wildman–Crippen MR) is 85.0 cm³/mol. The summed E-state index contributed by atoms with van der Waals surface area (Å²) in [7, 11) is 0. The number of ether oxygens (including phenoxy) is 1. The van der Waals surface area contributed by atoms with Crippen molar-refractivity contribution < 1.29 is 13.5 Å². The summed E-state index contributed by atoms with van der Waals surface area (Å²) in [6, 6.07) is 4.88. The number of alkyl halides is 2. The van der Waals surface area contributed by atoms with E-state index in [1.54, 1.807) is 12.4 Å². The number of pyridine rings is 1. The van der Waals surface area contributed by atoms with Gasteiger partial charge in [0.15, 0.2) is 5.75 Å². The van der Waals surface area contributed by atoms with Crippen molar-refractivity contribution >= 4 is 49.1 Å². The van der Waals surface area contributed by atoms with Crippen LogP contribution in [0, 0.1) is 0 Å². The normalized spacial score (nSPS) is 10.8. The summed E-state index contributed by atoms with van der Waals surface area (Å²) in [6.07, 6.45) is 3.33. The molecule has 1 aromatic carbocycles. The van der Waals surface area contributed by atoms with Gasteiger partial charge in [0.05, 0.1) is 10.2 Å². The van der Waals surface area contributed by atoms with Crippen LogP contribution < -0.4 is 10.1 Å². The molecule has 112 valence electrons. The Morgan fingerprint density at radius 2 is 2.00 bits per heavy atom. The van der Waals surface area contributed by atoms with Gasteiger partial charge in [0.2, 0.25) is 0 Å². The molecule has 0 radical (unpaired) electrons. The first kappa shape index (κ1) is 16.5. The lowest BCUT2D eigenvalue weighted by atomic mass is 10.2. The second kappa shape index (κ2) is 7.38. The Morgan fingerprint density at radius 1 is 1.24 bits per heavy atom. The lowest BCUT2D eigenvalue weighted by Crippen LogP contribution is -2.07. The van der Waals surface area contributed by atoms with Crippen molar-refractivity contribution in [2.45, 2.75) is 13.2 Å². The van der Waals surface area contributed by atoms with Crippen LogP contribution >= 0.6 is 43.5 Å². The minimum atomic E-state index is -2.92. The van der Waals surface area contributed by atoms with E-state index in [4.69, 9.17) is 11.6 Å². The summed E-state index contributed by atoms with van der Waals surface area (Å²) in [5.41, 5.74) is 1.25. The molecule has 0 saturated carbocycles. The smallest absolute Gasteiger partial charge is 0.387 e. The maximum absolute atomic E-state index is 12.5. The first-order valence-electron chi connectivity index (χ1n) is 5.73. The third kappa shape index (κ3) is 4.79. The van der Waals surface area contributed by atoms with Crippen molar-refractivity contribution in [2.24, 2.45) is 0 Å². The molecule has 0 aliphatic heterocycles. The highest BCUT2D eigenvalue weighted by atomic mass is 79.9. The molecular weight excluding hydrogens is 433 g/mol. The van der Waals surface area contributed by atoms with Gasteiger partial charge >= 0.3 is 6.61 Å². The van der Waals surface area contributed by atoms with Gasteiger partial charge in [0, 0.05) is 28.4 Å². The van der Waals surface area contributed by atoms with E-state index in [9.17, 15) is 8.78 Å². The van der Waals surface area contributed by atoms with Crippen LogP contribution in [0.5, 0.6) is 5.75 Å². The summed E-state index contributed by atoms with van der Waals surface area (Å²) in [5.74, 6) is 0.0114. The van der Waals surface area contributed by atoms with Gasteiger partial charge in [0.25, 0.3) is 0 Å². The Kier molecular flexibility index (Phi) is 5.78. The molecule has 0 unspecified atom stereocenters. The van der Waals surface area contributed by atoms with Gasteiger partial charge in [-0.15, -0.1) is 0 Å². The second-order valence-corrected chi connectivity index (χ2v) is 6.21. The van der Waals surface area contributed by atoms with Gasteiger partial charge < -0.3 is 10.1 Å². The molecule has 2 rings (SSSR count). The Bertz CT molecular complexity index is 644. The van der Waals surface area contributed by atoms with E-state index in [0.717, 1.165) is 10.0 Å². The van der Waals surface area contributed by atoms with Gasteiger partial charge in [0.1, 0.15) is 0 Å². The quantitative estimate of drug-likeness (QED) is 0.667. The Balaban J connectivity index is 2.22. The summed E-state index contributed by atoms with van der Waals surface area (Å²) >= 11 is 12.4. The lowest BCUT2D eigenvalue weighted by Gasteiger charge is -2.15. The van der Waals surface area contributed by atoms with E-state index < -0.39 is 6.61 Å². The van der Waals surface area contributed by atoms with Crippen LogP contribution in [-0.4, -0.2) is 11.6 Å². The second-order valence-electron chi connectivity index (χ2n) is 4.01. The van der Waals surface area contributed by atoms with Gasteiger partial charge in [-0.3, -0.25) is 4.98 Å². The van der Waals surface area contributed by atoms with Crippen molar-refractivity contribution in [3.63, 3.8) is 0 Å². The Hall–Kier alpha value is -0.920. The predicted octanol–water partition coefficient (Wildman–Crippen LogP) is 5.47. The monoisotopic (exact) mass is 440 g/mol. The fourth-order valence-electron chi connectivity index (χ4n) is 1.65. The van der Waals surface area contributed by atoms with Crippen LogP contribution in [-0.2, 0) is 6.54 Å². The van der Waals surface area contributed by atoms with E-state index in [-0.39, 0.29) is 5.75 Å². The molecule has 0 atom stereocenters. The van der Waals surface area contributed by atoms with E-state index in [2.05, 4.69) is 46.9 Å². The maximum atomic E-state index is 12.5. The van der Waals surface area contributed by atoms with Gasteiger partial charge in [-0.05, 0) is 55.6 Å². The van der Waals surface area contributed by atoms with Crippen molar-refractivity contribution in [3.05, 3.63) is 50.1 Å². The summed E-state index contributed by atoms with van der Waals surface area (Å²) in [5, 5.41) is 3.41. The highest BCUT2D eigenvalue weighted by Crippen LogP contribution is 2.37. The minimum Gasteiger partial charge on any atom is -0.431 e. The molecule has 0 aliphatic rings. The molecule has 1 heterocycles. The topological polar surface area (TPSA) is 34.1 Å². The van der Waals surface area contributed by atoms with Crippen LogP contribution in [0.1, 0.15) is 5.56 Å². The van der Waals surface area contributed by atoms with Crippen LogP contribution in [0.4, 0.5) is 14.5 Å². The number of halogens is 5. The number of hydrogen-bond acceptors (Lipinski definition) is 3. The number of aromatic nitrogens is 1. The van der Waals surface area contributed by atoms with Crippen LogP contribution in [0.15, 0.2) is 39.5 Å². The third-order valence-corrected chi connectivity index (χ3v) is 3.70. The Morgan fingerprint density at radius 3 is 2.67 bits per heavy atom. The zero-order chi connectivity index (χ0) is 15.4. The number of rotatable bonds is 5. The zero-order valence-corrected chi connectivity index (χ0v) is 14.3. The van der Waals surface area contributed by atoms with Crippen molar-refractivity contribution in [1.29, 1.82) is 0 Å². The molecule has 21 heavy (non-hydrogen) atoms. The van der Waals surface area contributed by atoms with Crippen LogP contribution in [0.3, 0.4) is 0 Å². The summed E-state index contributed by atoms with van der Waals surface area (Å²) in [4.78, 5) is 4.03. The molecule has 0 aliphatic carbocycles. The SMILES string of the molecule is FC(F)Oc1c(Br)cc(Cl)cc1NCc1cncc(Br)c1. The van der Waals surface area contributed by atoms with E-state index >= 15 is 0 Å². The minimum absolute atomic E-state index is 0.0114. The molecule has 1 aromatic heterocycles. The fraction of sp³-hybridized carbons (Fsp3) is 0.154. The molecule has 0 bridgehead atoms. The average Bonchev–Trinajstić information content (AvgIpc) is 2.39. The highest BCUT2D eigenvalue weighted by molar-refractivity contribution is 9.10. The van der Waals surface area contributed by atoms with Crippen molar-refractivity contribution in [3.8, 4) is 5.75 Å². The third-order valence-electron chi connectivity index (χ3n) is 2.46. The standard InChI is InChI=1S/C13H9Br2ClF2N2O/c14-8-1-7(4-19-6-8)5-20-11-3-9(16)2-10(15)12(11)21-13(17)18/h1-4,6,13,20H,5H2. The van der Waals surface area contributed by atoms with E-state index in [0.29, 0.717) is 21.7 Å². The van der Waals surface area contributed by atoms with E-state index in [1.807, 2.05) is 6.07 Å². The van der Waals surface area contributed by atoms with Crippen LogP contribution in [0.2, 0.25) is 5.02 Å². The number of nitrogens with one attached hydrogen (secondary N) is 1. The van der Waals surface area contributed by atoms with Gasteiger partial charge in [-0.2, -0.15) is 8.78 Å². The molecule has 3 nitrogen and oxygen atoms in total. The lowest BCUT2D eigenvalue weighted by molar-refractivity contribution is -0.0498. The zero-order valence-electron chi connectivity index (χ0n) is 10.4. The summed E-state index contributed by atoms with van der Waals surface area (Å²) in [6.45, 7) is -2.53. The number of hydrogen-bond donors (Lipinski definition) is 1. The van der Waals surface area contributed by atoms with Gasteiger partial charge in [-0.1, -0.05) is 11.6 Å². The Labute approximate surface area is 141 Å². The summed E-state index contributed by atoms with van der Waals surface area (Å²) < 4.78 is 30.7. The molecule has 0 amide bonds. The molecule has 0 fully saturated rings. The first-order valence-corrected chi connectivity index (χ1v) is 7.69. The maximum Gasteiger partial charge on any atom is 0.387 e. The number of benzene rings is 1. The molecular formula is C13H9Br2ClF2N2O. The number of nitrogens with zero attached hydrogens (tertiary/aromatic N) is 1. The van der Waals surface area contributed by atoms with Gasteiger partial charge in [-0.25, -0.2) is 0 Å². The molecule has 2 aromatic rings. The average molecular weight is 442 g/mol. The molecule has 0 spiro atoms. The van der Waals surface area contributed by atoms with E-state index in [1.165, 1.54) is 12.1 Å². The number of anilines is 1. The van der Waals surface area contributed by atoms with Crippen molar-refractivity contribution in [1.82, 2.24) is 4.98 Å². The molecule has 0 saturated heterocycles.